The number of hydrogen-bond acceptors (Lipinski definition) is 2. The third-order valence-corrected chi connectivity index (χ3v) is 5.85. The molecule has 1 atom stereocenters. The molecule has 1 saturated heterocycles. The summed E-state index contributed by atoms with van der Waals surface area (Å²) in [5.41, 5.74) is 1.15. The number of carbonyl (C=O) groups is 1. The highest BCUT2D eigenvalue weighted by Gasteiger charge is 2.22. The molecule has 4 heteroatoms. The summed E-state index contributed by atoms with van der Waals surface area (Å²) >= 11 is 7.77. The van der Waals surface area contributed by atoms with Gasteiger partial charge in [0.15, 0.2) is 0 Å². The lowest BCUT2D eigenvalue weighted by Crippen LogP contribution is -2.36. The van der Waals surface area contributed by atoms with Crippen LogP contribution in [0.5, 0.6) is 0 Å². The van der Waals surface area contributed by atoms with Crippen LogP contribution in [-0.2, 0) is 4.79 Å². The van der Waals surface area contributed by atoms with Crippen molar-refractivity contribution in [3.05, 3.63) is 65.2 Å². The highest BCUT2D eigenvalue weighted by Crippen LogP contribution is 2.38. The maximum absolute atomic E-state index is 12.7. The normalized spacial score (nSPS) is 16.0. The molecule has 0 spiro atoms. The molecule has 0 aliphatic carbocycles. The van der Waals surface area contributed by atoms with Gasteiger partial charge in [0.05, 0.1) is 0 Å². The molecule has 24 heavy (non-hydrogen) atoms. The van der Waals surface area contributed by atoms with E-state index in [0.29, 0.717) is 6.42 Å². The standard InChI is InChI=1S/C20H22ClNOS/c21-17-11-9-16(10-12-17)19(24-18-7-3-1-4-8-18)15-20(23)22-13-5-2-6-14-22/h1,3-4,7-12,19H,2,5-6,13-15H2. The molecule has 1 aliphatic rings. The summed E-state index contributed by atoms with van der Waals surface area (Å²) in [6.45, 7) is 1.81. The van der Waals surface area contributed by atoms with Crippen LogP contribution in [0.1, 0.15) is 36.5 Å². The van der Waals surface area contributed by atoms with Crippen LogP contribution in [0.15, 0.2) is 59.5 Å². The van der Waals surface area contributed by atoms with Crippen LogP contribution < -0.4 is 0 Å². The first-order valence-corrected chi connectivity index (χ1v) is 9.73. The van der Waals surface area contributed by atoms with Gasteiger partial charge >= 0.3 is 0 Å². The van der Waals surface area contributed by atoms with Crippen molar-refractivity contribution in [1.29, 1.82) is 0 Å². The molecule has 3 rings (SSSR count). The number of carbonyl (C=O) groups excluding carboxylic acids is 1. The highest BCUT2D eigenvalue weighted by molar-refractivity contribution is 7.99. The molecule has 0 saturated carbocycles. The Morgan fingerprint density at radius 3 is 2.33 bits per heavy atom. The summed E-state index contributed by atoms with van der Waals surface area (Å²) in [7, 11) is 0. The van der Waals surface area contributed by atoms with Crippen LogP contribution in [0, 0.1) is 0 Å². The molecule has 0 N–H and O–H groups in total. The van der Waals surface area contributed by atoms with Gasteiger partial charge in [-0.3, -0.25) is 4.79 Å². The number of nitrogens with zero attached hydrogens (tertiary/aromatic N) is 1. The van der Waals surface area contributed by atoms with Gasteiger partial charge < -0.3 is 4.90 Å². The van der Waals surface area contributed by atoms with Crippen LogP contribution in [0.3, 0.4) is 0 Å². The molecule has 0 radical (unpaired) electrons. The van der Waals surface area contributed by atoms with Crippen molar-refractivity contribution in [2.45, 2.75) is 35.8 Å². The second-order valence-corrected chi connectivity index (χ2v) is 7.83. The monoisotopic (exact) mass is 359 g/mol. The Labute approximate surface area is 153 Å². The molecule has 1 aliphatic heterocycles. The number of benzene rings is 2. The van der Waals surface area contributed by atoms with Gasteiger partial charge in [-0.15, -0.1) is 11.8 Å². The molecule has 126 valence electrons. The molecule has 1 heterocycles. The SMILES string of the molecule is O=C(CC(Sc1ccccc1)c1ccc(Cl)cc1)N1CCCCC1. The number of thioether (sulfide) groups is 1. The average Bonchev–Trinajstić information content (AvgIpc) is 2.63. The first kappa shape index (κ1) is 17.4. The number of likely N-dealkylation sites (tertiary alicyclic amines) is 1. The van der Waals surface area contributed by atoms with E-state index in [4.69, 9.17) is 11.6 Å². The zero-order valence-electron chi connectivity index (χ0n) is 13.7. The second-order valence-electron chi connectivity index (χ2n) is 6.12. The fourth-order valence-corrected chi connectivity index (χ4v) is 4.29. The Balaban J connectivity index is 1.76. The average molecular weight is 360 g/mol. The van der Waals surface area contributed by atoms with Gasteiger partial charge in [-0.25, -0.2) is 0 Å². The Morgan fingerprint density at radius 2 is 1.67 bits per heavy atom. The number of amides is 1. The zero-order chi connectivity index (χ0) is 16.8. The maximum Gasteiger partial charge on any atom is 0.224 e. The fraction of sp³-hybridized carbons (Fsp3) is 0.350. The van der Waals surface area contributed by atoms with E-state index in [1.54, 1.807) is 11.8 Å². The van der Waals surface area contributed by atoms with Gasteiger partial charge in [-0.05, 0) is 49.1 Å². The molecule has 0 bridgehead atoms. The minimum Gasteiger partial charge on any atom is -0.343 e. The van der Waals surface area contributed by atoms with E-state index in [2.05, 4.69) is 12.1 Å². The molecule has 2 aromatic carbocycles. The van der Waals surface area contributed by atoms with Crippen molar-refractivity contribution in [2.24, 2.45) is 0 Å². The van der Waals surface area contributed by atoms with Crippen molar-refractivity contribution in [3.63, 3.8) is 0 Å². The van der Waals surface area contributed by atoms with E-state index in [9.17, 15) is 4.79 Å². The van der Waals surface area contributed by atoms with Crippen LogP contribution >= 0.6 is 23.4 Å². The van der Waals surface area contributed by atoms with Crippen LogP contribution in [-0.4, -0.2) is 23.9 Å². The van der Waals surface area contributed by atoms with Gasteiger partial charge in [-0.1, -0.05) is 41.9 Å². The number of rotatable bonds is 5. The van der Waals surface area contributed by atoms with Gasteiger partial charge in [-0.2, -0.15) is 0 Å². The summed E-state index contributed by atoms with van der Waals surface area (Å²) in [6, 6.07) is 18.2. The molecule has 2 aromatic rings. The lowest BCUT2D eigenvalue weighted by atomic mass is 10.1. The van der Waals surface area contributed by atoms with Crippen molar-refractivity contribution in [1.82, 2.24) is 4.90 Å². The maximum atomic E-state index is 12.7. The molecule has 1 unspecified atom stereocenters. The van der Waals surface area contributed by atoms with Gasteiger partial charge in [0.1, 0.15) is 0 Å². The quantitative estimate of drug-likeness (QED) is 0.650. The number of halogens is 1. The smallest absolute Gasteiger partial charge is 0.224 e. The van der Waals surface area contributed by atoms with E-state index in [1.807, 2.05) is 47.4 Å². The molecule has 0 aromatic heterocycles. The van der Waals surface area contributed by atoms with E-state index in [1.165, 1.54) is 11.3 Å². The Bertz CT molecular complexity index is 653. The first-order chi connectivity index (χ1) is 11.7. The Morgan fingerprint density at radius 1 is 1.00 bits per heavy atom. The van der Waals surface area contributed by atoms with Crippen LogP contribution in [0.4, 0.5) is 0 Å². The predicted octanol–water partition coefficient (Wildman–Crippen LogP) is 5.58. The van der Waals surface area contributed by atoms with Crippen molar-refractivity contribution in [2.75, 3.05) is 13.1 Å². The molecular weight excluding hydrogens is 338 g/mol. The van der Waals surface area contributed by atoms with E-state index in [0.717, 1.165) is 36.5 Å². The molecule has 1 amide bonds. The van der Waals surface area contributed by atoms with E-state index < -0.39 is 0 Å². The second kappa shape index (κ2) is 8.59. The van der Waals surface area contributed by atoms with Crippen LogP contribution in [0.2, 0.25) is 5.02 Å². The molecular formula is C20H22ClNOS. The van der Waals surface area contributed by atoms with Gasteiger partial charge in [0.2, 0.25) is 5.91 Å². The first-order valence-electron chi connectivity index (χ1n) is 8.47. The lowest BCUT2D eigenvalue weighted by Gasteiger charge is -2.28. The topological polar surface area (TPSA) is 20.3 Å². The summed E-state index contributed by atoms with van der Waals surface area (Å²) < 4.78 is 0. The molecule has 1 fully saturated rings. The van der Waals surface area contributed by atoms with Gasteiger partial charge in [0, 0.05) is 34.7 Å². The highest BCUT2D eigenvalue weighted by atomic mass is 35.5. The third-order valence-electron chi connectivity index (χ3n) is 4.33. The summed E-state index contributed by atoms with van der Waals surface area (Å²) in [4.78, 5) is 15.9. The third kappa shape index (κ3) is 4.78. The fourth-order valence-electron chi connectivity index (χ4n) is 3.00. The van der Waals surface area contributed by atoms with Crippen molar-refractivity contribution in [3.8, 4) is 0 Å². The van der Waals surface area contributed by atoms with Crippen LogP contribution in [0.25, 0.3) is 0 Å². The molecule has 2 nitrogen and oxygen atoms in total. The lowest BCUT2D eigenvalue weighted by molar-refractivity contribution is -0.132. The van der Waals surface area contributed by atoms with Crippen molar-refractivity contribution >= 4 is 29.3 Å². The van der Waals surface area contributed by atoms with E-state index in [-0.39, 0.29) is 11.2 Å². The number of piperidine rings is 1. The Hall–Kier alpha value is -1.45. The zero-order valence-corrected chi connectivity index (χ0v) is 15.2. The largest absolute Gasteiger partial charge is 0.343 e. The van der Waals surface area contributed by atoms with Crippen molar-refractivity contribution < 1.29 is 4.79 Å². The minimum atomic E-state index is 0.110. The Kier molecular flexibility index (Phi) is 6.22. The minimum absolute atomic E-state index is 0.110. The number of hydrogen-bond donors (Lipinski definition) is 0. The summed E-state index contributed by atoms with van der Waals surface area (Å²) in [5, 5.41) is 0.837. The van der Waals surface area contributed by atoms with Gasteiger partial charge in [0.25, 0.3) is 0 Å². The predicted molar refractivity (Wildman–Crippen MR) is 102 cm³/mol. The summed E-state index contributed by atoms with van der Waals surface area (Å²) in [5.74, 6) is 0.262. The van der Waals surface area contributed by atoms with E-state index >= 15 is 0 Å². The summed E-state index contributed by atoms with van der Waals surface area (Å²) in [6.07, 6.45) is 4.02.